The number of hydrogen-bond acceptors (Lipinski definition) is 7. The van der Waals surface area contributed by atoms with Crippen molar-refractivity contribution in [2.75, 3.05) is 36.5 Å². The third kappa shape index (κ3) is 3.57. The van der Waals surface area contributed by atoms with E-state index in [1.165, 1.54) is 6.20 Å². The van der Waals surface area contributed by atoms with Gasteiger partial charge < -0.3 is 15.0 Å². The van der Waals surface area contributed by atoms with Crippen LogP contribution in [0.15, 0.2) is 6.20 Å². The molecule has 1 aliphatic heterocycles. The van der Waals surface area contributed by atoms with E-state index in [9.17, 15) is 10.1 Å². The molecule has 0 amide bonds. The quantitative estimate of drug-likeness (QED) is 0.632. The van der Waals surface area contributed by atoms with E-state index in [1.54, 1.807) is 0 Å². The van der Waals surface area contributed by atoms with Crippen LogP contribution in [0.4, 0.5) is 17.5 Å². The molecule has 0 bridgehead atoms. The van der Waals surface area contributed by atoms with Gasteiger partial charge in [-0.2, -0.15) is 4.98 Å². The van der Waals surface area contributed by atoms with Gasteiger partial charge in [0.25, 0.3) is 0 Å². The molecule has 8 nitrogen and oxygen atoms in total. The van der Waals surface area contributed by atoms with Crippen LogP contribution in [0.5, 0.6) is 0 Å². The summed E-state index contributed by atoms with van der Waals surface area (Å²) in [5.74, 6) is 0.808. The van der Waals surface area contributed by atoms with E-state index in [1.807, 2.05) is 18.7 Å². The van der Waals surface area contributed by atoms with Crippen molar-refractivity contribution >= 4 is 17.5 Å². The molecule has 1 unspecified atom stereocenters. The monoisotopic (exact) mass is 295 g/mol. The van der Waals surface area contributed by atoms with Gasteiger partial charge in [0.05, 0.1) is 24.2 Å². The molecule has 21 heavy (non-hydrogen) atoms. The molecule has 0 aromatic carbocycles. The Morgan fingerprint density at radius 1 is 1.57 bits per heavy atom. The van der Waals surface area contributed by atoms with Crippen LogP contribution in [0.25, 0.3) is 0 Å². The molecular weight excluding hydrogens is 274 g/mol. The van der Waals surface area contributed by atoms with Gasteiger partial charge in [-0.15, -0.1) is 0 Å². The second-order valence-corrected chi connectivity index (χ2v) is 4.92. The first kappa shape index (κ1) is 15.4. The fourth-order valence-electron chi connectivity index (χ4n) is 2.30. The highest BCUT2D eigenvalue weighted by atomic mass is 16.6. The zero-order chi connectivity index (χ0) is 15.2. The Kier molecular flexibility index (Phi) is 5.26. The van der Waals surface area contributed by atoms with E-state index in [0.29, 0.717) is 31.5 Å². The molecule has 1 aliphatic rings. The van der Waals surface area contributed by atoms with Gasteiger partial charge in [0.2, 0.25) is 11.8 Å². The summed E-state index contributed by atoms with van der Waals surface area (Å²) in [5.41, 5.74) is -0.0580. The molecule has 0 radical (unpaired) electrons. The molecule has 1 saturated heterocycles. The Morgan fingerprint density at radius 2 is 2.38 bits per heavy atom. The van der Waals surface area contributed by atoms with Crippen LogP contribution in [-0.4, -0.2) is 47.2 Å². The molecule has 2 rings (SSSR count). The normalized spacial score (nSPS) is 18.6. The average molecular weight is 295 g/mol. The van der Waals surface area contributed by atoms with Crippen LogP contribution in [0, 0.1) is 10.1 Å². The number of nitro groups is 1. The van der Waals surface area contributed by atoms with Gasteiger partial charge >= 0.3 is 5.69 Å². The van der Waals surface area contributed by atoms with Gasteiger partial charge in [-0.25, -0.2) is 4.98 Å². The van der Waals surface area contributed by atoms with Crippen molar-refractivity contribution in [2.45, 2.75) is 32.7 Å². The van der Waals surface area contributed by atoms with Gasteiger partial charge in [-0.1, -0.05) is 13.8 Å². The van der Waals surface area contributed by atoms with Crippen molar-refractivity contribution in [1.82, 2.24) is 9.97 Å². The maximum Gasteiger partial charge on any atom is 0.329 e. The third-order valence-corrected chi connectivity index (χ3v) is 3.45. The molecule has 1 fully saturated rings. The third-order valence-electron chi connectivity index (χ3n) is 3.45. The Hall–Kier alpha value is -1.96. The van der Waals surface area contributed by atoms with Crippen molar-refractivity contribution in [3.63, 3.8) is 0 Å². The average Bonchev–Trinajstić information content (AvgIpc) is 2.52. The lowest BCUT2D eigenvalue weighted by Gasteiger charge is -2.35. The van der Waals surface area contributed by atoms with E-state index in [0.717, 1.165) is 19.4 Å². The number of morpholine rings is 1. The van der Waals surface area contributed by atoms with Gasteiger partial charge in [-0.05, 0) is 12.8 Å². The van der Waals surface area contributed by atoms with Crippen LogP contribution in [0.1, 0.15) is 26.7 Å². The summed E-state index contributed by atoms with van der Waals surface area (Å²) in [6.45, 7) is 6.52. The second kappa shape index (κ2) is 7.16. The molecule has 0 spiro atoms. The number of ether oxygens (including phenoxy) is 1. The van der Waals surface area contributed by atoms with Crippen LogP contribution < -0.4 is 10.2 Å². The van der Waals surface area contributed by atoms with E-state index in [2.05, 4.69) is 15.3 Å². The number of anilines is 2. The molecule has 8 heteroatoms. The van der Waals surface area contributed by atoms with Gasteiger partial charge in [0.1, 0.15) is 6.20 Å². The Morgan fingerprint density at radius 3 is 3.05 bits per heavy atom. The summed E-state index contributed by atoms with van der Waals surface area (Å²) in [6, 6.07) is 0.103. The maximum absolute atomic E-state index is 11.2. The Bertz CT molecular complexity index is 497. The summed E-state index contributed by atoms with van der Waals surface area (Å²) in [6.07, 6.45) is 3.06. The zero-order valence-electron chi connectivity index (χ0n) is 12.4. The van der Waals surface area contributed by atoms with E-state index in [4.69, 9.17) is 4.74 Å². The predicted molar refractivity (Wildman–Crippen MR) is 79.7 cm³/mol. The highest BCUT2D eigenvalue weighted by molar-refractivity contribution is 5.59. The lowest BCUT2D eigenvalue weighted by atomic mass is 10.1. The van der Waals surface area contributed by atoms with Gasteiger partial charge in [0, 0.05) is 13.1 Å². The number of rotatable bonds is 6. The first-order chi connectivity index (χ1) is 10.2. The fourth-order valence-corrected chi connectivity index (χ4v) is 2.30. The SMILES string of the molecule is CCCNc1ncc([N+](=O)[O-])c(N2CCOCC2CC)n1. The lowest BCUT2D eigenvalue weighted by Crippen LogP contribution is -2.46. The number of nitrogens with one attached hydrogen (secondary N) is 1. The van der Waals surface area contributed by atoms with Crippen molar-refractivity contribution < 1.29 is 9.66 Å². The largest absolute Gasteiger partial charge is 0.377 e. The molecule has 1 aromatic rings. The zero-order valence-corrected chi connectivity index (χ0v) is 12.4. The fraction of sp³-hybridized carbons (Fsp3) is 0.692. The van der Waals surface area contributed by atoms with Gasteiger partial charge in [0.15, 0.2) is 0 Å². The summed E-state index contributed by atoms with van der Waals surface area (Å²) < 4.78 is 5.45. The van der Waals surface area contributed by atoms with E-state index >= 15 is 0 Å². The Labute approximate surface area is 123 Å². The first-order valence-corrected chi connectivity index (χ1v) is 7.27. The summed E-state index contributed by atoms with van der Waals surface area (Å²) in [7, 11) is 0. The van der Waals surface area contributed by atoms with Gasteiger partial charge in [-0.3, -0.25) is 10.1 Å². The molecule has 116 valence electrons. The molecule has 1 aromatic heterocycles. The second-order valence-electron chi connectivity index (χ2n) is 4.92. The smallest absolute Gasteiger partial charge is 0.329 e. The minimum absolute atomic E-state index is 0.0580. The molecule has 0 saturated carbocycles. The summed E-state index contributed by atoms with van der Waals surface area (Å²) in [4.78, 5) is 21.1. The molecule has 2 heterocycles. The topological polar surface area (TPSA) is 93.4 Å². The standard InChI is InChI=1S/C13H21N5O3/c1-3-5-14-13-15-8-11(18(19)20)12(16-13)17-6-7-21-9-10(17)4-2/h8,10H,3-7,9H2,1-2H3,(H,14,15,16). The molecule has 1 atom stereocenters. The van der Waals surface area contributed by atoms with E-state index in [-0.39, 0.29) is 11.7 Å². The van der Waals surface area contributed by atoms with Crippen LogP contribution in [-0.2, 0) is 4.74 Å². The van der Waals surface area contributed by atoms with Crippen LogP contribution in [0.3, 0.4) is 0 Å². The maximum atomic E-state index is 11.2. The van der Waals surface area contributed by atoms with Crippen molar-refractivity contribution in [3.8, 4) is 0 Å². The van der Waals surface area contributed by atoms with Crippen LogP contribution >= 0.6 is 0 Å². The van der Waals surface area contributed by atoms with Crippen molar-refractivity contribution in [2.24, 2.45) is 0 Å². The number of nitrogens with zero attached hydrogens (tertiary/aromatic N) is 4. The molecule has 1 N–H and O–H groups in total. The number of hydrogen-bond donors (Lipinski definition) is 1. The minimum atomic E-state index is -0.429. The van der Waals surface area contributed by atoms with E-state index < -0.39 is 4.92 Å². The first-order valence-electron chi connectivity index (χ1n) is 7.27. The van der Waals surface area contributed by atoms with Crippen molar-refractivity contribution in [3.05, 3.63) is 16.3 Å². The summed E-state index contributed by atoms with van der Waals surface area (Å²) >= 11 is 0. The summed E-state index contributed by atoms with van der Waals surface area (Å²) in [5, 5.41) is 14.3. The van der Waals surface area contributed by atoms with Crippen LogP contribution in [0.2, 0.25) is 0 Å². The highest BCUT2D eigenvalue weighted by Gasteiger charge is 2.29. The molecular formula is C13H21N5O3. The lowest BCUT2D eigenvalue weighted by molar-refractivity contribution is -0.384. The highest BCUT2D eigenvalue weighted by Crippen LogP contribution is 2.29. The number of aromatic nitrogens is 2. The van der Waals surface area contributed by atoms with Crippen molar-refractivity contribution in [1.29, 1.82) is 0 Å². The predicted octanol–water partition coefficient (Wildman–Crippen LogP) is 1.82. The minimum Gasteiger partial charge on any atom is -0.377 e. The Balaban J connectivity index is 2.34. The molecule has 0 aliphatic carbocycles.